The van der Waals surface area contributed by atoms with Gasteiger partial charge in [0, 0.05) is 19.2 Å². The fourth-order valence-electron chi connectivity index (χ4n) is 1.24. The molecule has 82 valence electrons. The van der Waals surface area contributed by atoms with Crippen molar-refractivity contribution in [3.8, 4) is 0 Å². The number of Topliss-reactive ketones (excluding diaryl/α,β-unsaturated/α-hetero) is 1. The molecule has 0 N–H and O–H groups in total. The van der Waals surface area contributed by atoms with Gasteiger partial charge in [-0.25, -0.2) is 4.98 Å². The molecule has 0 bridgehead atoms. The summed E-state index contributed by atoms with van der Waals surface area (Å²) in [7, 11) is 0. The molecule has 0 fully saturated rings. The second kappa shape index (κ2) is 5.99. The van der Waals surface area contributed by atoms with E-state index in [1.54, 1.807) is 17.7 Å². The SMILES string of the molecule is CC(=O)CCCCn1cncc(I)c1=O. The van der Waals surface area contributed by atoms with Crippen LogP contribution >= 0.6 is 22.6 Å². The predicted octanol–water partition coefficient (Wildman–Crippen LogP) is 1.61. The van der Waals surface area contributed by atoms with Gasteiger partial charge in [0.25, 0.3) is 5.56 Å². The number of carbonyl (C=O) groups is 1. The highest BCUT2D eigenvalue weighted by Gasteiger charge is 2.00. The van der Waals surface area contributed by atoms with Crippen molar-refractivity contribution in [1.82, 2.24) is 9.55 Å². The number of nitrogens with zero attached hydrogens (tertiary/aromatic N) is 2. The van der Waals surface area contributed by atoms with Crippen LogP contribution in [0.5, 0.6) is 0 Å². The molecular formula is C10H13IN2O2. The van der Waals surface area contributed by atoms with Gasteiger partial charge in [-0.1, -0.05) is 0 Å². The molecule has 15 heavy (non-hydrogen) atoms. The highest BCUT2D eigenvalue weighted by molar-refractivity contribution is 14.1. The Kier molecular flexibility index (Phi) is 4.93. The molecular weight excluding hydrogens is 307 g/mol. The zero-order valence-corrected chi connectivity index (χ0v) is 10.7. The third-order valence-electron chi connectivity index (χ3n) is 2.04. The maximum absolute atomic E-state index is 11.5. The fraction of sp³-hybridized carbons (Fsp3) is 0.500. The third kappa shape index (κ3) is 4.11. The molecule has 1 aromatic heterocycles. The zero-order valence-electron chi connectivity index (χ0n) is 8.57. The molecule has 1 rings (SSSR count). The minimum Gasteiger partial charge on any atom is -0.300 e. The van der Waals surface area contributed by atoms with Crippen LogP contribution in [0.1, 0.15) is 26.2 Å². The Bertz CT molecular complexity index is 401. The van der Waals surface area contributed by atoms with E-state index < -0.39 is 0 Å². The summed E-state index contributed by atoms with van der Waals surface area (Å²) in [6.45, 7) is 2.22. The smallest absolute Gasteiger partial charge is 0.266 e. The lowest BCUT2D eigenvalue weighted by atomic mass is 10.2. The van der Waals surface area contributed by atoms with E-state index in [1.807, 2.05) is 22.6 Å². The zero-order chi connectivity index (χ0) is 11.3. The summed E-state index contributed by atoms with van der Waals surface area (Å²) in [5.41, 5.74) is -0.00609. The first kappa shape index (κ1) is 12.4. The molecule has 1 heterocycles. The molecule has 4 nitrogen and oxygen atoms in total. The van der Waals surface area contributed by atoms with E-state index in [4.69, 9.17) is 0 Å². The highest BCUT2D eigenvalue weighted by Crippen LogP contribution is 1.99. The van der Waals surface area contributed by atoms with E-state index in [1.165, 1.54) is 6.33 Å². The Morgan fingerprint density at radius 1 is 1.53 bits per heavy atom. The van der Waals surface area contributed by atoms with Gasteiger partial charge in [0.15, 0.2) is 0 Å². The first-order valence-corrected chi connectivity index (χ1v) is 5.88. The largest absolute Gasteiger partial charge is 0.300 e. The summed E-state index contributed by atoms with van der Waals surface area (Å²) in [5, 5.41) is 0. The molecule has 0 spiro atoms. The van der Waals surface area contributed by atoms with Crippen LogP contribution in [0, 0.1) is 3.57 Å². The normalized spacial score (nSPS) is 10.3. The minimum atomic E-state index is -0.00609. The van der Waals surface area contributed by atoms with Crippen LogP contribution in [0.3, 0.4) is 0 Å². The second-order valence-electron chi connectivity index (χ2n) is 3.40. The summed E-state index contributed by atoms with van der Waals surface area (Å²) in [6.07, 6.45) is 5.34. The summed E-state index contributed by atoms with van der Waals surface area (Å²) in [4.78, 5) is 26.2. The van der Waals surface area contributed by atoms with Crippen molar-refractivity contribution in [2.24, 2.45) is 0 Å². The van der Waals surface area contributed by atoms with Gasteiger partial charge < -0.3 is 4.79 Å². The molecule has 0 saturated heterocycles. The quantitative estimate of drug-likeness (QED) is 0.612. The van der Waals surface area contributed by atoms with E-state index in [2.05, 4.69) is 4.98 Å². The molecule has 0 aliphatic heterocycles. The molecule has 0 radical (unpaired) electrons. The third-order valence-corrected chi connectivity index (χ3v) is 2.78. The van der Waals surface area contributed by atoms with Gasteiger partial charge in [0.05, 0.1) is 9.90 Å². The maximum Gasteiger partial charge on any atom is 0.266 e. The lowest BCUT2D eigenvalue weighted by Crippen LogP contribution is -2.22. The number of aryl methyl sites for hydroxylation is 1. The standard InChI is InChI=1S/C10H13IN2O2/c1-8(14)4-2-3-5-13-7-12-6-9(11)10(13)15/h6-7H,2-5H2,1H3. The van der Waals surface area contributed by atoms with Gasteiger partial charge in [-0.2, -0.15) is 0 Å². The fourth-order valence-corrected chi connectivity index (χ4v) is 1.71. The van der Waals surface area contributed by atoms with Crippen LogP contribution in [-0.2, 0) is 11.3 Å². The van der Waals surface area contributed by atoms with Crippen LogP contribution in [-0.4, -0.2) is 15.3 Å². The molecule has 0 aliphatic rings. The van der Waals surface area contributed by atoms with E-state index in [9.17, 15) is 9.59 Å². The number of rotatable bonds is 5. The van der Waals surface area contributed by atoms with Crippen molar-refractivity contribution < 1.29 is 4.79 Å². The Labute approximate surface area is 102 Å². The number of carbonyl (C=O) groups excluding carboxylic acids is 1. The van der Waals surface area contributed by atoms with Crippen LogP contribution in [0.4, 0.5) is 0 Å². The molecule has 0 amide bonds. The number of halogens is 1. The van der Waals surface area contributed by atoms with E-state index >= 15 is 0 Å². The van der Waals surface area contributed by atoms with Crippen molar-refractivity contribution in [2.45, 2.75) is 32.7 Å². The summed E-state index contributed by atoms with van der Waals surface area (Å²) >= 11 is 1.97. The predicted molar refractivity (Wildman–Crippen MR) is 65.7 cm³/mol. The van der Waals surface area contributed by atoms with Gasteiger partial charge in [0.1, 0.15) is 5.78 Å². The molecule has 0 aromatic carbocycles. The van der Waals surface area contributed by atoms with Crippen LogP contribution in [0.25, 0.3) is 0 Å². The van der Waals surface area contributed by atoms with Crippen molar-refractivity contribution in [3.05, 3.63) is 26.4 Å². The maximum atomic E-state index is 11.5. The molecule has 0 saturated carbocycles. The molecule has 0 atom stereocenters. The molecule has 0 aliphatic carbocycles. The van der Waals surface area contributed by atoms with E-state index in [0.29, 0.717) is 16.5 Å². The van der Waals surface area contributed by atoms with Crippen molar-refractivity contribution in [2.75, 3.05) is 0 Å². The first-order chi connectivity index (χ1) is 7.11. The number of ketones is 1. The van der Waals surface area contributed by atoms with Gasteiger partial charge in [-0.15, -0.1) is 0 Å². The number of hydrogen-bond donors (Lipinski definition) is 0. The number of hydrogen-bond acceptors (Lipinski definition) is 3. The Hall–Kier alpha value is -0.720. The van der Waals surface area contributed by atoms with E-state index in [-0.39, 0.29) is 11.3 Å². The molecule has 0 unspecified atom stereocenters. The topological polar surface area (TPSA) is 52.0 Å². The Balaban J connectivity index is 2.48. The van der Waals surface area contributed by atoms with E-state index in [0.717, 1.165) is 12.8 Å². The van der Waals surface area contributed by atoms with Gasteiger partial charge in [-0.3, -0.25) is 9.36 Å². The highest BCUT2D eigenvalue weighted by atomic mass is 127. The summed E-state index contributed by atoms with van der Waals surface area (Å²) in [5.74, 6) is 0.197. The van der Waals surface area contributed by atoms with Crippen LogP contribution in [0.2, 0.25) is 0 Å². The van der Waals surface area contributed by atoms with Gasteiger partial charge in [-0.05, 0) is 42.4 Å². The van der Waals surface area contributed by atoms with Crippen LogP contribution < -0.4 is 5.56 Å². The monoisotopic (exact) mass is 320 g/mol. The molecule has 1 aromatic rings. The average molecular weight is 320 g/mol. The van der Waals surface area contributed by atoms with Gasteiger partial charge in [0.2, 0.25) is 0 Å². The van der Waals surface area contributed by atoms with Crippen molar-refractivity contribution in [3.63, 3.8) is 0 Å². The first-order valence-electron chi connectivity index (χ1n) is 4.80. The number of aromatic nitrogens is 2. The lowest BCUT2D eigenvalue weighted by Gasteiger charge is -2.04. The second-order valence-corrected chi connectivity index (χ2v) is 4.56. The van der Waals surface area contributed by atoms with Gasteiger partial charge >= 0.3 is 0 Å². The van der Waals surface area contributed by atoms with Crippen LogP contribution in [0.15, 0.2) is 17.3 Å². The van der Waals surface area contributed by atoms with Crippen molar-refractivity contribution in [1.29, 1.82) is 0 Å². The average Bonchev–Trinajstić information content (AvgIpc) is 2.18. The summed E-state index contributed by atoms with van der Waals surface area (Å²) in [6, 6.07) is 0. The Morgan fingerprint density at radius 3 is 2.93 bits per heavy atom. The molecule has 5 heteroatoms. The Morgan fingerprint density at radius 2 is 2.27 bits per heavy atom. The number of unbranched alkanes of at least 4 members (excludes halogenated alkanes) is 1. The minimum absolute atomic E-state index is 0.00609. The van der Waals surface area contributed by atoms with Crippen molar-refractivity contribution >= 4 is 28.4 Å². The lowest BCUT2D eigenvalue weighted by molar-refractivity contribution is -0.117. The summed E-state index contributed by atoms with van der Waals surface area (Å²) < 4.78 is 2.21.